The first kappa shape index (κ1) is 22.9. The van der Waals surface area contributed by atoms with Crippen molar-refractivity contribution in [3.63, 3.8) is 0 Å². The minimum Gasteiger partial charge on any atom is -0.329 e. The highest BCUT2D eigenvalue weighted by molar-refractivity contribution is 6.12. The highest BCUT2D eigenvalue weighted by Crippen LogP contribution is 2.12. The molecule has 0 saturated carbocycles. The number of hydrogen-bond acceptors (Lipinski definition) is 2. The van der Waals surface area contributed by atoms with E-state index in [-0.39, 0.29) is 0 Å². The summed E-state index contributed by atoms with van der Waals surface area (Å²) in [6.07, 6.45) is 20.2. The fourth-order valence-electron chi connectivity index (χ4n) is 3.33. The van der Waals surface area contributed by atoms with E-state index in [0.717, 1.165) is 37.6 Å². The number of aliphatic imine (C=N–C) groups is 2. The zero-order chi connectivity index (χ0) is 18.9. The molecule has 0 aliphatic carbocycles. The van der Waals surface area contributed by atoms with Gasteiger partial charge in [0.15, 0.2) is 0 Å². The molecule has 150 valence electrons. The third-order valence-electron chi connectivity index (χ3n) is 5.09. The van der Waals surface area contributed by atoms with Crippen LogP contribution in [0.15, 0.2) is 21.6 Å². The van der Waals surface area contributed by atoms with Crippen molar-refractivity contribution in [3.8, 4) is 0 Å². The Labute approximate surface area is 162 Å². The van der Waals surface area contributed by atoms with Crippen molar-refractivity contribution in [1.82, 2.24) is 5.32 Å². The quantitative estimate of drug-likeness (QED) is 0.319. The largest absolute Gasteiger partial charge is 0.329 e. The van der Waals surface area contributed by atoms with Crippen molar-refractivity contribution in [2.45, 2.75) is 111 Å². The summed E-state index contributed by atoms with van der Waals surface area (Å²) in [5.41, 5.74) is 1.36. The number of nitrogens with zero attached hydrogens (tertiary/aromatic N) is 2. The molecule has 1 heterocycles. The van der Waals surface area contributed by atoms with E-state index < -0.39 is 0 Å². The second-order valence-corrected chi connectivity index (χ2v) is 7.51. The molecule has 0 aromatic heterocycles. The Morgan fingerprint density at radius 2 is 1.27 bits per heavy atom. The van der Waals surface area contributed by atoms with E-state index in [1.54, 1.807) is 0 Å². The van der Waals surface area contributed by atoms with E-state index >= 15 is 0 Å². The summed E-state index contributed by atoms with van der Waals surface area (Å²) in [7, 11) is 0. The lowest BCUT2D eigenvalue weighted by Gasteiger charge is -2.19. The van der Waals surface area contributed by atoms with Gasteiger partial charge in [-0.3, -0.25) is 9.98 Å². The van der Waals surface area contributed by atoms with Crippen LogP contribution in [0.2, 0.25) is 0 Å². The summed E-state index contributed by atoms with van der Waals surface area (Å²) >= 11 is 0. The first-order chi connectivity index (χ1) is 12.8. The van der Waals surface area contributed by atoms with Gasteiger partial charge in [-0.15, -0.1) is 0 Å². The molecule has 1 aliphatic rings. The highest BCUT2D eigenvalue weighted by Gasteiger charge is 2.13. The Bertz CT molecular complexity index is 435. The molecule has 0 radical (unpaired) electrons. The summed E-state index contributed by atoms with van der Waals surface area (Å²) < 4.78 is 0. The van der Waals surface area contributed by atoms with Crippen LogP contribution in [0.5, 0.6) is 0 Å². The molecule has 0 unspecified atom stereocenters. The maximum atomic E-state index is 4.84. The molecular formula is C23H43N3. The third-order valence-corrected chi connectivity index (χ3v) is 5.09. The molecule has 0 atom stereocenters. The molecule has 26 heavy (non-hydrogen) atoms. The van der Waals surface area contributed by atoms with Gasteiger partial charge in [0, 0.05) is 19.5 Å². The lowest BCUT2D eigenvalue weighted by molar-refractivity contribution is 0.611. The lowest BCUT2D eigenvalue weighted by atomic mass is 10.1. The first-order valence-corrected chi connectivity index (χ1v) is 11.4. The van der Waals surface area contributed by atoms with Crippen molar-refractivity contribution in [2.75, 3.05) is 13.1 Å². The number of amidine groups is 2. The molecule has 0 amide bonds. The number of nitrogens with one attached hydrogen (secondary N) is 1. The van der Waals surface area contributed by atoms with Gasteiger partial charge in [0.1, 0.15) is 11.7 Å². The van der Waals surface area contributed by atoms with Crippen molar-refractivity contribution >= 4 is 11.7 Å². The molecule has 0 spiro atoms. The van der Waals surface area contributed by atoms with Gasteiger partial charge in [0.05, 0.1) is 0 Å². The minimum atomic E-state index is 0.940. The van der Waals surface area contributed by atoms with E-state index in [1.165, 1.54) is 82.6 Å². The van der Waals surface area contributed by atoms with Gasteiger partial charge in [-0.05, 0) is 24.8 Å². The monoisotopic (exact) mass is 361 g/mol. The standard InChI is InChI=1S/C23H43N3/c1-4-7-9-11-13-15-19-24-22-18-17-21(6-3)23(26-22)25-20-16-14-12-10-8-5-2/h17H,4-16,18-20H2,1-3H3,(H,24,25,26). The zero-order valence-corrected chi connectivity index (χ0v) is 17.8. The van der Waals surface area contributed by atoms with E-state index in [9.17, 15) is 0 Å². The minimum absolute atomic E-state index is 0.940. The SMILES string of the molecule is CCCCCCCCN=C1CC=C(CC)C(=NCCCCCCCC)N1. The molecule has 3 nitrogen and oxygen atoms in total. The van der Waals surface area contributed by atoms with Gasteiger partial charge < -0.3 is 5.32 Å². The Morgan fingerprint density at radius 3 is 1.85 bits per heavy atom. The number of unbranched alkanes of at least 4 members (excludes halogenated alkanes) is 10. The Hall–Kier alpha value is -1.12. The predicted molar refractivity (Wildman–Crippen MR) is 117 cm³/mol. The van der Waals surface area contributed by atoms with Gasteiger partial charge in [0.2, 0.25) is 0 Å². The van der Waals surface area contributed by atoms with E-state index in [2.05, 4.69) is 32.2 Å². The summed E-state index contributed by atoms with van der Waals surface area (Å²) in [5, 5.41) is 3.51. The highest BCUT2D eigenvalue weighted by atomic mass is 15.1. The third kappa shape index (κ3) is 10.8. The van der Waals surface area contributed by atoms with Crippen LogP contribution in [0.1, 0.15) is 111 Å². The molecule has 0 aromatic rings. The average molecular weight is 362 g/mol. The van der Waals surface area contributed by atoms with E-state index in [0.29, 0.717) is 0 Å². The Balaban J connectivity index is 2.31. The molecule has 0 bridgehead atoms. The normalized spacial score (nSPS) is 17.6. The van der Waals surface area contributed by atoms with Crippen LogP contribution in [-0.2, 0) is 0 Å². The fraction of sp³-hybridized carbons (Fsp3) is 0.826. The fourth-order valence-corrected chi connectivity index (χ4v) is 3.33. The summed E-state index contributed by atoms with van der Waals surface area (Å²) in [5.74, 6) is 2.19. The van der Waals surface area contributed by atoms with Crippen LogP contribution in [-0.4, -0.2) is 24.8 Å². The second-order valence-electron chi connectivity index (χ2n) is 7.51. The number of rotatable bonds is 15. The topological polar surface area (TPSA) is 36.8 Å². The maximum absolute atomic E-state index is 4.84. The van der Waals surface area contributed by atoms with Crippen LogP contribution in [0.4, 0.5) is 0 Å². The van der Waals surface area contributed by atoms with Crippen LogP contribution in [0.3, 0.4) is 0 Å². The smallest absolute Gasteiger partial charge is 0.129 e. The van der Waals surface area contributed by atoms with Crippen LogP contribution in [0, 0.1) is 0 Å². The molecule has 1 rings (SSSR count). The molecule has 1 N–H and O–H groups in total. The van der Waals surface area contributed by atoms with Crippen LogP contribution >= 0.6 is 0 Å². The predicted octanol–water partition coefficient (Wildman–Crippen LogP) is 6.83. The van der Waals surface area contributed by atoms with Crippen molar-refractivity contribution < 1.29 is 0 Å². The molecule has 0 saturated heterocycles. The summed E-state index contributed by atoms with van der Waals surface area (Å²) in [4.78, 5) is 9.62. The zero-order valence-electron chi connectivity index (χ0n) is 17.8. The van der Waals surface area contributed by atoms with E-state index in [4.69, 9.17) is 9.98 Å². The van der Waals surface area contributed by atoms with Gasteiger partial charge >= 0.3 is 0 Å². The van der Waals surface area contributed by atoms with Crippen molar-refractivity contribution in [1.29, 1.82) is 0 Å². The molecule has 3 heteroatoms. The molecule has 0 aromatic carbocycles. The lowest BCUT2D eigenvalue weighted by Crippen LogP contribution is -2.35. The molecule has 0 fully saturated rings. The Kier molecular flexibility index (Phi) is 14.2. The van der Waals surface area contributed by atoms with Gasteiger partial charge in [-0.25, -0.2) is 0 Å². The van der Waals surface area contributed by atoms with Crippen LogP contribution < -0.4 is 5.32 Å². The maximum Gasteiger partial charge on any atom is 0.129 e. The van der Waals surface area contributed by atoms with Gasteiger partial charge in [-0.1, -0.05) is 91.1 Å². The first-order valence-electron chi connectivity index (χ1n) is 11.4. The van der Waals surface area contributed by atoms with Crippen LogP contribution in [0.25, 0.3) is 0 Å². The van der Waals surface area contributed by atoms with Crippen molar-refractivity contribution in [3.05, 3.63) is 11.6 Å². The van der Waals surface area contributed by atoms with Gasteiger partial charge in [0.25, 0.3) is 0 Å². The summed E-state index contributed by atoms with van der Waals surface area (Å²) in [6.45, 7) is 8.65. The molecular weight excluding hydrogens is 318 g/mol. The average Bonchev–Trinajstić information content (AvgIpc) is 2.66. The number of hydrogen-bond donors (Lipinski definition) is 1. The van der Waals surface area contributed by atoms with Gasteiger partial charge in [-0.2, -0.15) is 0 Å². The van der Waals surface area contributed by atoms with Crippen molar-refractivity contribution in [2.24, 2.45) is 9.98 Å². The van der Waals surface area contributed by atoms with E-state index in [1.807, 2.05) is 0 Å². The second kappa shape index (κ2) is 16.1. The molecule has 1 aliphatic heterocycles. The summed E-state index contributed by atoms with van der Waals surface area (Å²) in [6, 6.07) is 0. The Morgan fingerprint density at radius 1 is 0.731 bits per heavy atom.